The van der Waals surface area contributed by atoms with Crippen molar-refractivity contribution in [2.75, 3.05) is 23.8 Å². The summed E-state index contributed by atoms with van der Waals surface area (Å²) in [5.41, 5.74) is 0.749. The van der Waals surface area contributed by atoms with E-state index in [1.54, 1.807) is 11.0 Å². The second-order valence-corrected chi connectivity index (χ2v) is 11.2. The molecule has 6 nitrogen and oxygen atoms in total. The molecule has 1 aliphatic rings. The van der Waals surface area contributed by atoms with Crippen molar-refractivity contribution in [3.05, 3.63) is 53.3 Å². The fourth-order valence-electron chi connectivity index (χ4n) is 3.59. The minimum absolute atomic E-state index is 0.0455. The summed E-state index contributed by atoms with van der Waals surface area (Å²) < 4.78 is 44.7. The summed E-state index contributed by atoms with van der Waals surface area (Å²) in [5, 5.41) is 1.14. The topological polar surface area (TPSA) is 76.6 Å². The lowest BCUT2D eigenvalue weighted by Crippen LogP contribution is -2.37. The van der Waals surface area contributed by atoms with Crippen LogP contribution >= 0.6 is 22.9 Å². The number of halogens is 2. The van der Waals surface area contributed by atoms with Gasteiger partial charge >= 0.3 is 0 Å². The van der Waals surface area contributed by atoms with Gasteiger partial charge in [-0.3, -0.25) is 9.69 Å². The Hall–Kier alpha value is -2.07. The highest BCUT2D eigenvalue weighted by Gasteiger charge is 2.26. The van der Waals surface area contributed by atoms with Gasteiger partial charge in [-0.2, -0.15) is 0 Å². The van der Waals surface area contributed by atoms with Gasteiger partial charge in [0.15, 0.2) is 15.0 Å². The lowest BCUT2D eigenvalue weighted by Gasteiger charge is -2.23. The summed E-state index contributed by atoms with van der Waals surface area (Å²) in [5.74, 6) is -0.908. The largest absolute Gasteiger partial charge is 0.376 e. The van der Waals surface area contributed by atoms with E-state index in [1.165, 1.54) is 23.5 Å². The standard InChI is InChI=1S/C22H22ClFN2O4S2/c23-15-5-10-19-20(13-15)31-22(25-19)26(14-17-3-1-11-30-17)21(27)4-2-12-32(28,29)18-8-6-16(24)7-9-18/h5-10,13,17H,1-4,11-12,14H2/t17-/m0/s1. The maximum Gasteiger partial charge on any atom is 0.228 e. The lowest BCUT2D eigenvalue weighted by atomic mass is 10.2. The second-order valence-electron chi connectivity index (χ2n) is 7.62. The number of aromatic nitrogens is 1. The van der Waals surface area contributed by atoms with Crippen LogP contribution in [0, 0.1) is 5.82 Å². The molecule has 1 aromatic heterocycles. The van der Waals surface area contributed by atoms with Gasteiger partial charge in [-0.15, -0.1) is 0 Å². The minimum atomic E-state index is -3.60. The molecule has 0 aliphatic carbocycles. The number of carbonyl (C=O) groups is 1. The van der Waals surface area contributed by atoms with Crippen LogP contribution in [0.4, 0.5) is 9.52 Å². The summed E-state index contributed by atoms with van der Waals surface area (Å²) in [6, 6.07) is 10.1. The third kappa shape index (κ3) is 5.46. The predicted molar refractivity (Wildman–Crippen MR) is 124 cm³/mol. The van der Waals surface area contributed by atoms with Crippen molar-refractivity contribution in [2.24, 2.45) is 0 Å². The number of sulfone groups is 1. The average Bonchev–Trinajstić information content (AvgIpc) is 3.41. The minimum Gasteiger partial charge on any atom is -0.376 e. The smallest absolute Gasteiger partial charge is 0.228 e. The molecule has 0 bridgehead atoms. The molecule has 0 saturated carbocycles. The van der Waals surface area contributed by atoms with E-state index in [2.05, 4.69) is 4.98 Å². The molecule has 2 heterocycles. The first kappa shape index (κ1) is 23.1. The molecule has 2 aromatic carbocycles. The van der Waals surface area contributed by atoms with Gasteiger partial charge in [0, 0.05) is 18.1 Å². The number of benzene rings is 2. The highest BCUT2D eigenvalue weighted by molar-refractivity contribution is 7.91. The Balaban J connectivity index is 1.47. The fourth-order valence-corrected chi connectivity index (χ4v) is 6.17. The van der Waals surface area contributed by atoms with Crippen LogP contribution in [0.1, 0.15) is 25.7 Å². The number of thiazole rings is 1. The molecular formula is C22H22ClFN2O4S2. The van der Waals surface area contributed by atoms with Crippen molar-refractivity contribution in [3.8, 4) is 0 Å². The van der Waals surface area contributed by atoms with Crippen LogP contribution in [0.2, 0.25) is 5.02 Å². The zero-order valence-electron chi connectivity index (χ0n) is 17.2. The summed E-state index contributed by atoms with van der Waals surface area (Å²) in [6.45, 7) is 1.04. The van der Waals surface area contributed by atoms with Crippen LogP contribution in [-0.2, 0) is 19.4 Å². The molecule has 1 amide bonds. The van der Waals surface area contributed by atoms with Crippen LogP contribution in [0.3, 0.4) is 0 Å². The molecule has 0 spiro atoms. The Morgan fingerprint density at radius 1 is 1.25 bits per heavy atom. The van der Waals surface area contributed by atoms with E-state index < -0.39 is 15.7 Å². The van der Waals surface area contributed by atoms with Crippen molar-refractivity contribution in [3.63, 3.8) is 0 Å². The van der Waals surface area contributed by atoms with E-state index in [4.69, 9.17) is 16.3 Å². The van der Waals surface area contributed by atoms with Crippen molar-refractivity contribution in [1.82, 2.24) is 4.98 Å². The van der Waals surface area contributed by atoms with E-state index >= 15 is 0 Å². The molecule has 0 unspecified atom stereocenters. The molecule has 10 heteroatoms. The van der Waals surface area contributed by atoms with E-state index in [1.807, 2.05) is 12.1 Å². The Bertz CT molecular complexity index is 1210. The van der Waals surface area contributed by atoms with E-state index in [9.17, 15) is 17.6 Å². The van der Waals surface area contributed by atoms with Crippen LogP contribution in [0.25, 0.3) is 10.2 Å². The second kappa shape index (κ2) is 9.82. The normalized spacial score (nSPS) is 16.5. The number of fused-ring (bicyclic) bond motifs is 1. The Morgan fingerprint density at radius 2 is 2.03 bits per heavy atom. The molecular weight excluding hydrogens is 475 g/mol. The molecule has 1 fully saturated rings. The van der Waals surface area contributed by atoms with Gasteiger partial charge in [-0.05, 0) is 61.7 Å². The van der Waals surface area contributed by atoms with Gasteiger partial charge in [0.05, 0.1) is 33.5 Å². The monoisotopic (exact) mass is 496 g/mol. The fraction of sp³-hybridized carbons (Fsp3) is 0.364. The first-order valence-corrected chi connectivity index (χ1v) is 13.1. The maximum absolute atomic E-state index is 13.1. The van der Waals surface area contributed by atoms with Gasteiger partial charge < -0.3 is 4.74 Å². The lowest BCUT2D eigenvalue weighted by molar-refractivity contribution is -0.119. The molecule has 0 radical (unpaired) electrons. The third-order valence-corrected chi connectivity index (χ3v) is 8.35. The van der Waals surface area contributed by atoms with E-state index in [0.29, 0.717) is 23.3 Å². The number of anilines is 1. The number of hydrogen-bond acceptors (Lipinski definition) is 6. The first-order chi connectivity index (χ1) is 15.3. The van der Waals surface area contributed by atoms with Crippen molar-refractivity contribution >= 4 is 54.0 Å². The summed E-state index contributed by atoms with van der Waals surface area (Å²) >= 11 is 7.45. The van der Waals surface area contributed by atoms with Gasteiger partial charge in [0.1, 0.15) is 5.82 Å². The summed E-state index contributed by atoms with van der Waals surface area (Å²) in [7, 11) is -3.60. The number of ether oxygens (including phenoxy) is 1. The predicted octanol–water partition coefficient (Wildman–Crippen LogP) is 4.85. The van der Waals surface area contributed by atoms with E-state index in [0.717, 1.165) is 35.2 Å². The quantitative estimate of drug-likeness (QED) is 0.416. The van der Waals surface area contributed by atoms with Crippen LogP contribution in [0.5, 0.6) is 0 Å². The third-order valence-electron chi connectivity index (χ3n) is 5.26. The number of carbonyl (C=O) groups excluding carboxylic acids is 1. The zero-order chi connectivity index (χ0) is 22.7. The molecule has 0 N–H and O–H groups in total. The van der Waals surface area contributed by atoms with Gasteiger partial charge in [-0.1, -0.05) is 22.9 Å². The van der Waals surface area contributed by atoms with Crippen LogP contribution < -0.4 is 4.90 Å². The number of amides is 1. The summed E-state index contributed by atoms with van der Waals surface area (Å²) in [4.78, 5) is 19.3. The molecule has 1 aliphatic heterocycles. The molecule has 32 heavy (non-hydrogen) atoms. The Morgan fingerprint density at radius 3 is 2.75 bits per heavy atom. The Labute approximate surface area is 194 Å². The highest BCUT2D eigenvalue weighted by atomic mass is 35.5. The molecule has 1 atom stereocenters. The van der Waals surface area contributed by atoms with Crippen LogP contribution in [-0.4, -0.2) is 44.3 Å². The molecule has 1 saturated heterocycles. The van der Waals surface area contributed by atoms with Gasteiger partial charge in [-0.25, -0.2) is 17.8 Å². The Kier molecular flexibility index (Phi) is 7.09. The number of rotatable bonds is 8. The van der Waals surface area contributed by atoms with E-state index in [-0.39, 0.29) is 35.5 Å². The molecule has 170 valence electrons. The first-order valence-electron chi connectivity index (χ1n) is 10.3. The highest BCUT2D eigenvalue weighted by Crippen LogP contribution is 2.32. The molecule has 4 rings (SSSR count). The van der Waals surface area contributed by atoms with Gasteiger partial charge in [0.25, 0.3) is 0 Å². The molecule has 3 aromatic rings. The van der Waals surface area contributed by atoms with Crippen LogP contribution in [0.15, 0.2) is 47.4 Å². The number of hydrogen-bond donors (Lipinski definition) is 0. The zero-order valence-corrected chi connectivity index (χ0v) is 19.6. The SMILES string of the molecule is O=C(CCCS(=O)(=O)c1ccc(F)cc1)N(C[C@@H]1CCCO1)c1nc2ccc(Cl)cc2s1. The van der Waals surface area contributed by atoms with Gasteiger partial charge in [0.2, 0.25) is 5.91 Å². The number of nitrogens with zero attached hydrogens (tertiary/aromatic N) is 2. The maximum atomic E-state index is 13.1. The van der Waals surface area contributed by atoms with Crippen molar-refractivity contribution in [2.45, 2.75) is 36.7 Å². The summed E-state index contributed by atoms with van der Waals surface area (Å²) in [6.07, 6.45) is 1.93. The van der Waals surface area contributed by atoms with Crippen molar-refractivity contribution in [1.29, 1.82) is 0 Å². The van der Waals surface area contributed by atoms with Crippen molar-refractivity contribution < 1.29 is 22.3 Å². The average molecular weight is 497 g/mol.